The molecule has 2 aromatic carbocycles. The van der Waals surface area contributed by atoms with E-state index in [-0.39, 0.29) is 36.4 Å². The number of amides is 2. The van der Waals surface area contributed by atoms with E-state index in [1.54, 1.807) is 26.0 Å². The lowest BCUT2D eigenvalue weighted by atomic mass is 9.91. The zero-order valence-electron chi connectivity index (χ0n) is 19.6. The van der Waals surface area contributed by atoms with Crippen molar-refractivity contribution < 1.29 is 29.3 Å². The van der Waals surface area contributed by atoms with Gasteiger partial charge in [-0.15, -0.1) is 11.6 Å². The molecule has 1 saturated heterocycles. The first-order chi connectivity index (χ1) is 17.2. The van der Waals surface area contributed by atoms with Crippen LogP contribution in [0.25, 0.3) is 0 Å². The van der Waals surface area contributed by atoms with E-state index in [1.165, 1.54) is 24.3 Å². The highest BCUT2D eigenvalue weighted by atomic mass is 79.9. The third kappa shape index (κ3) is 8.17. The number of halogens is 3. The molecule has 1 aliphatic rings. The summed E-state index contributed by atoms with van der Waals surface area (Å²) in [4.78, 5) is 43.4. The minimum Gasteiger partial charge on any atom is -0.394 e. The number of rotatable bonds is 7. The van der Waals surface area contributed by atoms with Gasteiger partial charge in [0, 0.05) is 33.2 Å². The Hall–Kier alpha value is -2.65. The number of benzene rings is 2. The Balaban J connectivity index is 0.000000260. The molecule has 1 fully saturated rings. The molecule has 15 heteroatoms. The van der Waals surface area contributed by atoms with E-state index in [2.05, 4.69) is 42.5 Å². The fraction of sp³-hybridized carbons (Fsp3) is 0.364. The molecule has 0 radical (unpaired) electrons. The molecular weight excluding hydrogens is 644 g/mol. The van der Waals surface area contributed by atoms with Gasteiger partial charge < -0.3 is 20.5 Å². The molecule has 37 heavy (non-hydrogen) atoms. The summed E-state index contributed by atoms with van der Waals surface area (Å²) < 4.78 is 6.27. The van der Waals surface area contributed by atoms with E-state index in [4.69, 9.17) is 16.3 Å². The molecule has 2 aromatic rings. The minimum absolute atomic E-state index is 0.0195. The Bertz CT molecular complexity index is 1220. The van der Waals surface area contributed by atoms with Crippen LogP contribution in [0.15, 0.2) is 45.3 Å². The zero-order valence-corrected chi connectivity index (χ0v) is 23.6. The molecular formula is C22H23Br2ClN4O8. The van der Waals surface area contributed by atoms with Crippen LogP contribution in [-0.2, 0) is 25.4 Å². The summed E-state index contributed by atoms with van der Waals surface area (Å²) in [6, 6.07) is 8.83. The molecule has 1 aliphatic heterocycles. The predicted molar refractivity (Wildman–Crippen MR) is 141 cm³/mol. The molecule has 0 saturated carbocycles. The maximum absolute atomic E-state index is 11.4. The van der Waals surface area contributed by atoms with Gasteiger partial charge in [0.2, 0.25) is 11.8 Å². The summed E-state index contributed by atoms with van der Waals surface area (Å²) in [5.74, 6) is -0.960. The summed E-state index contributed by atoms with van der Waals surface area (Å²) in [5, 5.41) is 36.4. The number of ether oxygens (including phenoxy) is 1. The second-order valence-electron chi connectivity index (χ2n) is 8.46. The third-order valence-corrected chi connectivity index (χ3v) is 6.51. The van der Waals surface area contributed by atoms with E-state index in [0.717, 1.165) is 0 Å². The normalized spacial score (nSPS) is 18.5. The topological polar surface area (TPSA) is 174 Å². The van der Waals surface area contributed by atoms with Crippen molar-refractivity contribution in [3.05, 3.63) is 76.7 Å². The Morgan fingerprint density at radius 3 is 2.24 bits per heavy atom. The standard InChI is InChI=1S/C11H12BrClN2O4.C11H11BrN2O4/c1-11(6-16,14-10(17)5-13)7-2-8(12)4-9(3-7)15(18)19;1-11(6-18-5-10(15)13-11)7-2-8(12)4-9(3-7)14(16)17/h2-4,16H,5-6H2,1H3,(H,14,17);2-4H,5-6H2,1H3,(H,13,15)/t2*11-/m00/s1. The van der Waals surface area contributed by atoms with Crippen LogP contribution in [-0.4, -0.2) is 52.5 Å². The maximum atomic E-state index is 11.4. The molecule has 3 N–H and O–H groups in total. The van der Waals surface area contributed by atoms with Crippen molar-refractivity contribution in [2.75, 3.05) is 25.7 Å². The van der Waals surface area contributed by atoms with Crippen molar-refractivity contribution in [1.29, 1.82) is 0 Å². The summed E-state index contributed by atoms with van der Waals surface area (Å²) in [6.45, 7) is 3.22. The number of aliphatic hydroxyl groups excluding tert-OH is 1. The van der Waals surface area contributed by atoms with Crippen molar-refractivity contribution in [1.82, 2.24) is 10.6 Å². The monoisotopic (exact) mass is 664 g/mol. The van der Waals surface area contributed by atoms with Gasteiger partial charge in [-0.2, -0.15) is 0 Å². The number of morpholine rings is 1. The van der Waals surface area contributed by atoms with Crippen LogP contribution < -0.4 is 10.6 Å². The quantitative estimate of drug-likeness (QED) is 0.228. The Kier molecular flexibility index (Phi) is 10.5. The van der Waals surface area contributed by atoms with Crippen LogP contribution in [0.2, 0.25) is 0 Å². The van der Waals surface area contributed by atoms with E-state index in [1.807, 2.05) is 0 Å². The van der Waals surface area contributed by atoms with Gasteiger partial charge in [-0.05, 0) is 37.1 Å². The van der Waals surface area contributed by atoms with Gasteiger partial charge >= 0.3 is 0 Å². The molecule has 0 unspecified atom stereocenters. The molecule has 0 aliphatic carbocycles. The van der Waals surface area contributed by atoms with Crippen LogP contribution in [0.3, 0.4) is 0 Å². The SMILES string of the molecule is C[C@@](CO)(NC(=O)CCl)c1cc(Br)cc([N+](=O)[O-])c1.C[C@@]1(c2cc(Br)cc([N+](=O)[O-])c2)COCC(=O)N1. The van der Waals surface area contributed by atoms with Crippen molar-refractivity contribution in [2.24, 2.45) is 0 Å². The number of non-ortho nitro benzene ring substituents is 2. The summed E-state index contributed by atoms with van der Waals surface area (Å²) in [6.07, 6.45) is 0. The number of aliphatic hydroxyl groups is 1. The highest BCUT2D eigenvalue weighted by molar-refractivity contribution is 9.10. The number of hydrogen-bond acceptors (Lipinski definition) is 8. The highest BCUT2D eigenvalue weighted by Crippen LogP contribution is 2.31. The summed E-state index contributed by atoms with van der Waals surface area (Å²) >= 11 is 11.8. The second kappa shape index (κ2) is 12.7. The number of hydrogen-bond donors (Lipinski definition) is 3. The summed E-state index contributed by atoms with van der Waals surface area (Å²) in [7, 11) is 0. The molecule has 200 valence electrons. The molecule has 2 amide bonds. The fourth-order valence-corrected chi connectivity index (χ4v) is 4.45. The highest BCUT2D eigenvalue weighted by Gasteiger charge is 2.34. The molecule has 0 bridgehead atoms. The van der Waals surface area contributed by atoms with Crippen molar-refractivity contribution in [3.8, 4) is 0 Å². The van der Waals surface area contributed by atoms with Crippen LogP contribution in [0.4, 0.5) is 11.4 Å². The first kappa shape index (κ1) is 30.6. The first-order valence-electron chi connectivity index (χ1n) is 10.5. The van der Waals surface area contributed by atoms with Gasteiger partial charge in [0.1, 0.15) is 12.5 Å². The van der Waals surface area contributed by atoms with Crippen LogP contribution in [0.5, 0.6) is 0 Å². The lowest BCUT2D eigenvalue weighted by Gasteiger charge is -2.34. The Morgan fingerprint density at radius 2 is 1.73 bits per heavy atom. The van der Waals surface area contributed by atoms with Crippen molar-refractivity contribution in [3.63, 3.8) is 0 Å². The Morgan fingerprint density at radius 1 is 1.16 bits per heavy atom. The van der Waals surface area contributed by atoms with Crippen LogP contribution >= 0.6 is 43.5 Å². The third-order valence-electron chi connectivity index (χ3n) is 5.35. The molecule has 0 aromatic heterocycles. The van der Waals surface area contributed by atoms with Gasteiger partial charge in [0.25, 0.3) is 11.4 Å². The van der Waals surface area contributed by atoms with Crippen LogP contribution in [0, 0.1) is 20.2 Å². The minimum atomic E-state index is -1.14. The molecule has 12 nitrogen and oxygen atoms in total. The van der Waals surface area contributed by atoms with Gasteiger partial charge in [-0.25, -0.2) is 0 Å². The zero-order chi connectivity index (χ0) is 28.0. The summed E-state index contributed by atoms with van der Waals surface area (Å²) in [5.41, 5.74) is -1.000. The van der Waals surface area contributed by atoms with E-state index in [9.17, 15) is 34.9 Å². The van der Waals surface area contributed by atoms with Gasteiger partial charge in [-0.3, -0.25) is 29.8 Å². The first-order valence-corrected chi connectivity index (χ1v) is 12.6. The number of nitro benzene ring substituents is 2. The number of nitro groups is 2. The smallest absolute Gasteiger partial charge is 0.270 e. The molecule has 0 spiro atoms. The fourth-order valence-electron chi connectivity index (χ4n) is 3.42. The van der Waals surface area contributed by atoms with E-state index in [0.29, 0.717) is 20.1 Å². The average Bonchev–Trinajstić information content (AvgIpc) is 2.83. The Labute approximate surface area is 233 Å². The lowest BCUT2D eigenvalue weighted by molar-refractivity contribution is -0.385. The van der Waals surface area contributed by atoms with Gasteiger partial charge in [0.05, 0.1) is 34.1 Å². The van der Waals surface area contributed by atoms with Gasteiger partial charge in [0.15, 0.2) is 0 Å². The number of carbonyl (C=O) groups is 2. The number of nitrogens with one attached hydrogen (secondary N) is 2. The molecule has 3 rings (SSSR count). The lowest BCUT2D eigenvalue weighted by Crippen LogP contribution is -2.52. The number of carbonyl (C=O) groups excluding carboxylic acids is 2. The van der Waals surface area contributed by atoms with Crippen molar-refractivity contribution in [2.45, 2.75) is 24.9 Å². The van der Waals surface area contributed by atoms with Crippen molar-refractivity contribution >= 4 is 66.6 Å². The van der Waals surface area contributed by atoms with Crippen LogP contribution in [0.1, 0.15) is 25.0 Å². The average molecular weight is 667 g/mol. The molecule has 1 heterocycles. The largest absolute Gasteiger partial charge is 0.394 e. The second-order valence-corrected chi connectivity index (χ2v) is 10.6. The van der Waals surface area contributed by atoms with E-state index < -0.39 is 33.4 Å². The molecule has 2 atom stereocenters. The maximum Gasteiger partial charge on any atom is 0.270 e. The van der Waals surface area contributed by atoms with Gasteiger partial charge in [-0.1, -0.05) is 31.9 Å². The number of alkyl halides is 1. The van der Waals surface area contributed by atoms with E-state index >= 15 is 0 Å². The predicted octanol–water partition coefficient (Wildman–Crippen LogP) is 3.64. The number of nitrogens with zero attached hydrogens (tertiary/aromatic N) is 2.